The van der Waals surface area contributed by atoms with Crippen molar-refractivity contribution >= 4 is 0 Å². The molecule has 0 N–H and O–H groups in total. The first-order valence-electron chi connectivity index (χ1n) is 17.7. The van der Waals surface area contributed by atoms with Crippen molar-refractivity contribution in [3.8, 4) is 0 Å². The Labute approximate surface area is 273 Å². The van der Waals surface area contributed by atoms with Crippen LogP contribution in [-0.2, 0) is 0 Å². The van der Waals surface area contributed by atoms with E-state index in [0.717, 1.165) is 11.8 Å². The Morgan fingerprint density at radius 1 is 0.262 bits per heavy atom. The topological polar surface area (TPSA) is 0 Å². The first kappa shape index (κ1) is 48.9. The highest BCUT2D eigenvalue weighted by atomic mass is 14.3. The van der Waals surface area contributed by atoms with Crippen molar-refractivity contribution in [2.45, 2.75) is 219 Å². The van der Waals surface area contributed by atoms with Crippen molar-refractivity contribution in [3.63, 3.8) is 0 Å². The molecule has 0 rings (SSSR count). The molecule has 0 saturated carbocycles. The van der Waals surface area contributed by atoms with Crippen LogP contribution in [0.5, 0.6) is 0 Å². The summed E-state index contributed by atoms with van der Waals surface area (Å²) in [5, 5.41) is 0. The van der Waals surface area contributed by atoms with Crippen LogP contribution in [0.2, 0.25) is 0 Å². The average Bonchev–Trinajstić information content (AvgIpc) is 2.60. The second-order valence-corrected chi connectivity index (χ2v) is 23.3. The fraction of sp³-hybridized carbons (Fsp3) is 1.00. The molecule has 42 heavy (non-hydrogen) atoms. The van der Waals surface area contributed by atoms with E-state index < -0.39 is 0 Å². The van der Waals surface area contributed by atoms with E-state index in [9.17, 15) is 0 Å². The minimum atomic E-state index is 0.466. The first-order valence-corrected chi connectivity index (χ1v) is 17.7. The van der Waals surface area contributed by atoms with Gasteiger partial charge in [0, 0.05) is 0 Å². The van der Waals surface area contributed by atoms with Crippen molar-refractivity contribution in [2.24, 2.45) is 55.2 Å². The van der Waals surface area contributed by atoms with Crippen molar-refractivity contribution in [1.82, 2.24) is 0 Å². The van der Waals surface area contributed by atoms with Crippen molar-refractivity contribution in [3.05, 3.63) is 0 Å². The minimum absolute atomic E-state index is 0.466. The molecule has 260 valence electrons. The number of rotatable bonds is 4. The van der Waals surface area contributed by atoms with Gasteiger partial charge in [0.2, 0.25) is 0 Å². The van der Waals surface area contributed by atoms with Gasteiger partial charge in [-0.05, 0) is 93.7 Å². The molecule has 0 radical (unpaired) electrons. The van der Waals surface area contributed by atoms with Crippen LogP contribution >= 0.6 is 0 Å². The van der Waals surface area contributed by atoms with Crippen LogP contribution in [0.15, 0.2) is 0 Å². The van der Waals surface area contributed by atoms with E-state index in [1.54, 1.807) is 0 Å². The summed E-state index contributed by atoms with van der Waals surface area (Å²) < 4.78 is 0. The van der Waals surface area contributed by atoms with Crippen LogP contribution in [0.4, 0.5) is 0 Å². The fourth-order valence-electron chi connectivity index (χ4n) is 3.95. The van der Waals surface area contributed by atoms with Crippen molar-refractivity contribution < 1.29 is 0 Å². The number of hydrogen-bond donors (Lipinski definition) is 0. The number of hydrogen-bond acceptors (Lipinski definition) is 0. The largest absolute Gasteiger partial charge is 0.0620 e. The smallest absolute Gasteiger partial charge is 0.0357 e. The predicted molar refractivity (Wildman–Crippen MR) is 202 cm³/mol. The quantitative estimate of drug-likeness (QED) is 0.303. The van der Waals surface area contributed by atoms with E-state index >= 15 is 0 Å². The monoisotopic (exact) mass is 597 g/mol. The zero-order chi connectivity index (χ0) is 35.4. The lowest BCUT2D eigenvalue weighted by molar-refractivity contribution is 0.182. The highest BCUT2D eigenvalue weighted by Gasteiger charge is 2.25. The van der Waals surface area contributed by atoms with Gasteiger partial charge in [-0.3, -0.25) is 0 Å². The lowest BCUT2D eigenvalue weighted by Gasteiger charge is -2.32. The summed E-state index contributed by atoms with van der Waals surface area (Å²) in [6.45, 7) is 60.2. The van der Waals surface area contributed by atoms with Gasteiger partial charge >= 0.3 is 0 Å². The fourth-order valence-corrected chi connectivity index (χ4v) is 3.95. The van der Waals surface area contributed by atoms with Gasteiger partial charge < -0.3 is 0 Å². The van der Waals surface area contributed by atoms with Gasteiger partial charge in [0.15, 0.2) is 0 Å². The molecular weight excluding hydrogens is 504 g/mol. The van der Waals surface area contributed by atoms with Crippen LogP contribution in [0.1, 0.15) is 219 Å². The van der Waals surface area contributed by atoms with Gasteiger partial charge in [-0.1, -0.05) is 180 Å². The molecule has 0 amide bonds. The lowest BCUT2D eigenvalue weighted by atomic mass is 9.73. The molecule has 0 aromatic rings. The molecule has 0 heteroatoms. The SMILES string of the molecule is CC(C)(C)CCC(C)(C)C.CC(C)(C)CCC(C)(C)C.CC(CC(C)(C)C)C(C)(C)C.CC(CC(C)(C)C)C(C)(C)C. The molecule has 0 bridgehead atoms. The summed E-state index contributed by atoms with van der Waals surface area (Å²) >= 11 is 0. The van der Waals surface area contributed by atoms with Gasteiger partial charge in [0.25, 0.3) is 0 Å². The summed E-state index contributed by atoms with van der Waals surface area (Å²) in [4.78, 5) is 0. The van der Waals surface area contributed by atoms with Crippen LogP contribution in [-0.4, -0.2) is 0 Å². The Morgan fingerprint density at radius 2 is 0.405 bits per heavy atom. The van der Waals surface area contributed by atoms with Crippen molar-refractivity contribution in [2.75, 3.05) is 0 Å². The summed E-state index contributed by atoms with van der Waals surface area (Å²) in [5.74, 6) is 1.62. The second kappa shape index (κ2) is 18.2. The standard InChI is InChI=1S/2C11H24.2C10H22/c2*1-9(11(5,6)7)8-10(2,3)4;2*1-9(2,3)7-8-10(4,5)6/h2*9H,8H2,1-7H3;2*7-8H2,1-6H3. The summed E-state index contributed by atoms with van der Waals surface area (Å²) in [6.07, 6.45) is 7.95. The highest BCUT2D eigenvalue weighted by molar-refractivity contribution is 4.76. The molecule has 2 atom stereocenters. The summed E-state index contributed by atoms with van der Waals surface area (Å²) in [5.41, 5.74) is 3.92. The van der Waals surface area contributed by atoms with E-state index in [1.807, 2.05) is 0 Å². The molecule has 0 aliphatic carbocycles. The van der Waals surface area contributed by atoms with Gasteiger partial charge in [0.05, 0.1) is 0 Å². The van der Waals surface area contributed by atoms with E-state index in [0.29, 0.717) is 43.3 Å². The maximum Gasteiger partial charge on any atom is -0.0357 e. The van der Waals surface area contributed by atoms with Crippen LogP contribution in [0.3, 0.4) is 0 Å². The third-order valence-corrected chi connectivity index (χ3v) is 8.04. The first-order chi connectivity index (χ1) is 17.7. The maximum absolute atomic E-state index is 2.35. The Morgan fingerprint density at radius 3 is 0.452 bits per heavy atom. The molecule has 0 fully saturated rings. The molecule has 0 spiro atoms. The highest BCUT2D eigenvalue weighted by Crippen LogP contribution is 2.36. The zero-order valence-corrected chi connectivity index (χ0v) is 35.4. The molecule has 0 aliphatic heterocycles. The van der Waals surface area contributed by atoms with Crippen molar-refractivity contribution in [1.29, 1.82) is 0 Å². The van der Waals surface area contributed by atoms with Gasteiger partial charge in [-0.2, -0.15) is 0 Å². The van der Waals surface area contributed by atoms with E-state index in [4.69, 9.17) is 0 Å². The average molecular weight is 597 g/mol. The summed E-state index contributed by atoms with van der Waals surface area (Å²) in [7, 11) is 0. The van der Waals surface area contributed by atoms with Gasteiger partial charge in [-0.25, -0.2) is 0 Å². The van der Waals surface area contributed by atoms with E-state index in [2.05, 4.69) is 180 Å². The third-order valence-electron chi connectivity index (χ3n) is 8.04. The van der Waals surface area contributed by atoms with Crippen LogP contribution in [0, 0.1) is 55.2 Å². The molecular formula is C42H92. The molecule has 0 aromatic carbocycles. The molecule has 0 aromatic heterocycles. The molecule has 0 heterocycles. The minimum Gasteiger partial charge on any atom is -0.0620 e. The molecule has 2 unspecified atom stereocenters. The maximum atomic E-state index is 2.35. The predicted octanol–water partition coefficient (Wildman–Crippen LogP) is 15.9. The Kier molecular flexibility index (Phi) is 21.2. The normalized spacial score (nSPS) is 15.3. The molecule has 0 aliphatic rings. The van der Waals surface area contributed by atoms with Gasteiger partial charge in [0.1, 0.15) is 0 Å². The second-order valence-electron chi connectivity index (χ2n) is 23.3. The third kappa shape index (κ3) is 46.9. The Bertz CT molecular complexity index is 545. The Balaban J connectivity index is -0.000000229. The molecule has 0 saturated heterocycles. The van der Waals surface area contributed by atoms with Gasteiger partial charge in [-0.15, -0.1) is 0 Å². The van der Waals surface area contributed by atoms with E-state index in [1.165, 1.54) is 38.5 Å². The molecule has 0 nitrogen and oxygen atoms in total. The zero-order valence-electron chi connectivity index (χ0n) is 35.4. The van der Waals surface area contributed by atoms with Crippen LogP contribution < -0.4 is 0 Å². The Hall–Kier alpha value is 0. The van der Waals surface area contributed by atoms with E-state index in [-0.39, 0.29) is 0 Å². The summed E-state index contributed by atoms with van der Waals surface area (Å²) in [6, 6.07) is 0. The lowest BCUT2D eigenvalue weighted by Crippen LogP contribution is -2.22. The van der Waals surface area contributed by atoms with Crippen LogP contribution in [0.25, 0.3) is 0 Å².